The highest BCUT2D eigenvalue weighted by Gasteiger charge is 2.30. The standard InChI is InChI=1S/C15H12N2OS2/c1-2-17-14(18)13(20-15(17)19)9-11-8-7-10-5-3-4-6-12(10)16-11/h3-9H,2H2,1H3. The number of likely N-dealkylation sites (N-methyl/N-ethyl adjacent to an activating group) is 1. The third-order valence-corrected chi connectivity index (χ3v) is 4.47. The quantitative estimate of drug-likeness (QED) is 0.628. The molecule has 1 aliphatic heterocycles. The van der Waals surface area contributed by atoms with Gasteiger partial charge in [-0.15, -0.1) is 0 Å². The number of para-hydroxylation sites is 1. The van der Waals surface area contributed by atoms with E-state index in [1.807, 2.05) is 43.3 Å². The Kier molecular flexibility index (Phi) is 3.54. The zero-order valence-corrected chi connectivity index (χ0v) is 12.5. The molecule has 1 amide bonds. The monoisotopic (exact) mass is 300 g/mol. The van der Waals surface area contributed by atoms with Crippen LogP contribution in [0.2, 0.25) is 0 Å². The maximum absolute atomic E-state index is 12.1. The van der Waals surface area contributed by atoms with E-state index in [9.17, 15) is 4.79 Å². The van der Waals surface area contributed by atoms with Crippen LogP contribution in [0, 0.1) is 0 Å². The SMILES string of the molecule is CCN1C(=O)C(=Cc2ccc3ccccc3n2)SC1=S. The van der Waals surface area contributed by atoms with Gasteiger partial charge in [0, 0.05) is 11.9 Å². The largest absolute Gasteiger partial charge is 0.293 e. The van der Waals surface area contributed by atoms with Gasteiger partial charge >= 0.3 is 0 Å². The predicted molar refractivity (Wildman–Crippen MR) is 87.3 cm³/mol. The number of benzene rings is 1. The summed E-state index contributed by atoms with van der Waals surface area (Å²) in [5.41, 5.74) is 1.70. The van der Waals surface area contributed by atoms with Gasteiger partial charge in [0.2, 0.25) is 0 Å². The molecule has 1 fully saturated rings. The van der Waals surface area contributed by atoms with Crippen LogP contribution in [0.15, 0.2) is 41.3 Å². The number of rotatable bonds is 2. The Labute approximate surface area is 126 Å². The molecule has 0 saturated carbocycles. The minimum atomic E-state index is -0.0301. The minimum Gasteiger partial charge on any atom is -0.293 e. The van der Waals surface area contributed by atoms with Gasteiger partial charge in [0.1, 0.15) is 4.32 Å². The molecule has 0 aliphatic carbocycles. The van der Waals surface area contributed by atoms with Crippen molar-refractivity contribution in [1.29, 1.82) is 0 Å². The molecule has 2 aromatic rings. The van der Waals surface area contributed by atoms with E-state index >= 15 is 0 Å². The Morgan fingerprint density at radius 1 is 1.30 bits per heavy atom. The molecule has 1 saturated heterocycles. The molecule has 0 atom stereocenters. The van der Waals surface area contributed by atoms with Gasteiger partial charge in [0.15, 0.2) is 0 Å². The first kappa shape index (κ1) is 13.3. The fourth-order valence-corrected chi connectivity index (χ4v) is 3.44. The summed E-state index contributed by atoms with van der Waals surface area (Å²) in [6.07, 6.45) is 1.81. The topological polar surface area (TPSA) is 33.2 Å². The lowest BCUT2D eigenvalue weighted by Gasteiger charge is -2.09. The molecule has 20 heavy (non-hydrogen) atoms. The fraction of sp³-hybridized carbons (Fsp3) is 0.133. The number of aromatic nitrogens is 1. The lowest BCUT2D eigenvalue weighted by atomic mass is 10.2. The van der Waals surface area contributed by atoms with E-state index in [-0.39, 0.29) is 5.91 Å². The number of hydrogen-bond donors (Lipinski definition) is 0. The number of nitrogens with zero attached hydrogens (tertiary/aromatic N) is 2. The van der Waals surface area contributed by atoms with Crippen molar-refractivity contribution in [2.45, 2.75) is 6.92 Å². The van der Waals surface area contributed by atoms with Crippen molar-refractivity contribution >= 4 is 51.2 Å². The molecule has 0 unspecified atom stereocenters. The summed E-state index contributed by atoms with van der Waals surface area (Å²) in [6, 6.07) is 11.8. The van der Waals surface area contributed by atoms with Crippen LogP contribution in [0.5, 0.6) is 0 Å². The number of carbonyl (C=O) groups excluding carboxylic acids is 1. The van der Waals surface area contributed by atoms with Crippen LogP contribution in [0.3, 0.4) is 0 Å². The Morgan fingerprint density at radius 3 is 2.85 bits per heavy atom. The lowest BCUT2D eigenvalue weighted by Crippen LogP contribution is -2.27. The maximum atomic E-state index is 12.1. The molecule has 100 valence electrons. The molecular weight excluding hydrogens is 288 g/mol. The number of hydrogen-bond acceptors (Lipinski definition) is 4. The second-order valence-electron chi connectivity index (χ2n) is 4.35. The predicted octanol–water partition coefficient (Wildman–Crippen LogP) is 3.46. The second kappa shape index (κ2) is 5.34. The Morgan fingerprint density at radius 2 is 2.10 bits per heavy atom. The van der Waals surface area contributed by atoms with Crippen LogP contribution in [0.1, 0.15) is 12.6 Å². The number of pyridine rings is 1. The highest BCUT2D eigenvalue weighted by atomic mass is 32.2. The molecule has 3 rings (SSSR count). The van der Waals surface area contributed by atoms with Gasteiger partial charge in [-0.25, -0.2) is 4.98 Å². The fourth-order valence-electron chi connectivity index (χ4n) is 2.07. The molecule has 1 aromatic heterocycles. The van der Waals surface area contributed by atoms with E-state index in [4.69, 9.17) is 12.2 Å². The van der Waals surface area contributed by atoms with Crippen LogP contribution < -0.4 is 0 Å². The number of thioether (sulfide) groups is 1. The van der Waals surface area contributed by atoms with Crippen molar-refractivity contribution in [2.75, 3.05) is 6.54 Å². The van der Waals surface area contributed by atoms with Gasteiger partial charge in [-0.1, -0.05) is 48.2 Å². The summed E-state index contributed by atoms with van der Waals surface area (Å²) >= 11 is 6.53. The zero-order valence-electron chi connectivity index (χ0n) is 10.9. The van der Waals surface area contributed by atoms with E-state index < -0.39 is 0 Å². The smallest absolute Gasteiger partial charge is 0.266 e. The molecule has 0 bridgehead atoms. The third kappa shape index (κ3) is 2.34. The molecule has 5 heteroatoms. The second-order valence-corrected chi connectivity index (χ2v) is 6.03. The van der Waals surface area contributed by atoms with Crippen molar-refractivity contribution in [3.63, 3.8) is 0 Å². The van der Waals surface area contributed by atoms with Gasteiger partial charge in [-0.05, 0) is 25.1 Å². The van der Waals surface area contributed by atoms with E-state index in [2.05, 4.69) is 4.98 Å². The van der Waals surface area contributed by atoms with E-state index in [0.717, 1.165) is 16.6 Å². The summed E-state index contributed by atoms with van der Waals surface area (Å²) in [5, 5.41) is 1.09. The molecule has 1 aliphatic rings. The lowest BCUT2D eigenvalue weighted by molar-refractivity contribution is -0.121. The van der Waals surface area contributed by atoms with Crippen LogP contribution in [0.25, 0.3) is 17.0 Å². The highest BCUT2D eigenvalue weighted by Crippen LogP contribution is 2.32. The summed E-state index contributed by atoms with van der Waals surface area (Å²) < 4.78 is 0.615. The maximum Gasteiger partial charge on any atom is 0.266 e. The number of amides is 1. The zero-order chi connectivity index (χ0) is 14.1. The minimum absolute atomic E-state index is 0.0301. The first-order chi connectivity index (χ1) is 9.69. The number of fused-ring (bicyclic) bond motifs is 1. The van der Waals surface area contributed by atoms with Crippen molar-refractivity contribution in [2.24, 2.45) is 0 Å². The van der Waals surface area contributed by atoms with E-state index in [1.54, 1.807) is 11.0 Å². The van der Waals surface area contributed by atoms with Crippen LogP contribution in [-0.4, -0.2) is 26.7 Å². The van der Waals surface area contributed by atoms with Crippen LogP contribution in [-0.2, 0) is 4.79 Å². The van der Waals surface area contributed by atoms with Crippen molar-refractivity contribution in [3.05, 3.63) is 47.0 Å². The molecule has 0 N–H and O–H groups in total. The van der Waals surface area contributed by atoms with Crippen molar-refractivity contribution in [3.8, 4) is 0 Å². The van der Waals surface area contributed by atoms with Gasteiger partial charge < -0.3 is 0 Å². The Hall–Kier alpha value is -1.72. The van der Waals surface area contributed by atoms with E-state index in [1.165, 1.54) is 11.8 Å². The Balaban J connectivity index is 1.98. The Bertz CT molecular complexity index is 739. The van der Waals surface area contributed by atoms with Crippen molar-refractivity contribution < 1.29 is 4.79 Å². The van der Waals surface area contributed by atoms with Crippen molar-refractivity contribution in [1.82, 2.24) is 9.88 Å². The average molecular weight is 300 g/mol. The molecule has 0 spiro atoms. The average Bonchev–Trinajstić information content (AvgIpc) is 2.73. The summed E-state index contributed by atoms with van der Waals surface area (Å²) in [5.74, 6) is -0.0301. The molecule has 0 radical (unpaired) electrons. The third-order valence-electron chi connectivity index (χ3n) is 3.09. The molecule has 2 heterocycles. The van der Waals surface area contributed by atoms with Crippen LogP contribution >= 0.6 is 24.0 Å². The van der Waals surface area contributed by atoms with Gasteiger partial charge in [0.25, 0.3) is 5.91 Å². The summed E-state index contributed by atoms with van der Waals surface area (Å²) in [6.45, 7) is 2.52. The van der Waals surface area contributed by atoms with Gasteiger partial charge in [0.05, 0.1) is 16.1 Å². The van der Waals surface area contributed by atoms with Gasteiger partial charge in [-0.3, -0.25) is 9.69 Å². The molecule has 3 nitrogen and oxygen atoms in total. The number of thiocarbonyl (C=S) groups is 1. The molecular formula is C15H12N2OS2. The van der Waals surface area contributed by atoms with Gasteiger partial charge in [-0.2, -0.15) is 0 Å². The highest BCUT2D eigenvalue weighted by molar-refractivity contribution is 8.26. The van der Waals surface area contributed by atoms with E-state index in [0.29, 0.717) is 15.8 Å². The number of carbonyl (C=O) groups is 1. The summed E-state index contributed by atoms with van der Waals surface area (Å²) in [4.78, 5) is 18.9. The first-order valence-corrected chi connectivity index (χ1v) is 7.52. The summed E-state index contributed by atoms with van der Waals surface area (Å²) in [7, 11) is 0. The molecule has 1 aromatic carbocycles. The first-order valence-electron chi connectivity index (χ1n) is 6.30. The normalized spacial score (nSPS) is 17.4. The van der Waals surface area contributed by atoms with Crippen LogP contribution in [0.4, 0.5) is 0 Å².